The Balaban J connectivity index is 1.93. The maximum absolute atomic E-state index is 12.6. The fourth-order valence-corrected chi connectivity index (χ4v) is 1.93. The van der Waals surface area contributed by atoms with Crippen LogP contribution in [0.2, 0.25) is 0 Å². The van der Waals surface area contributed by atoms with Crippen LogP contribution in [0.4, 0.5) is 11.6 Å². The van der Waals surface area contributed by atoms with Gasteiger partial charge in [0, 0.05) is 18.5 Å². The number of furan rings is 1. The summed E-state index contributed by atoms with van der Waals surface area (Å²) < 4.78 is 5.19. The van der Waals surface area contributed by atoms with Crippen LogP contribution in [0.25, 0.3) is 6.08 Å². The molecule has 0 N–H and O–H groups in total. The lowest BCUT2D eigenvalue weighted by molar-refractivity contribution is -0.113. The highest BCUT2D eigenvalue weighted by molar-refractivity contribution is 6.07. The Labute approximate surface area is 127 Å². The minimum Gasteiger partial charge on any atom is -0.465 e. The molecule has 108 valence electrons. The zero-order valence-corrected chi connectivity index (χ0v) is 11.7. The minimum absolute atomic E-state index is 0.256. The number of hydrogen-bond donors (Lipinski definition) is 0. The predicted molar refractivity (Wildman–Crippen MR) is 83.4 cm³/mol. The highest BCUT2D eigenvalue weighted by Crippen LogP contribution is 2.21. The predicted octanol–water partition coefficient (Wildman–Crippen LogP) is 3.45. The lowest BCUT2D eigenvalue weighted by Gasteiger charge is -2.18. The molecule has 3 rings (SSSR count). The SMILES string of the molecule is O=C(C=Cc1ccco1)N(c1ccccn1)c1ccccn1. The van der Waals surface area contributed by atoms with Gasteiger partial charge >= 0.3 is 0 Å². The summed E-state index contributed by atoms with van der Waals surface area (Å²) in [4.78, 5) is 22.5. The van der Waals surface area contributed by atoms with Crippen molar-refractivity contribution in [1.29, 1.82) is 0 Å². The maximum Gasteiger partial charge on any atom is 0.258 e. The van der Waals surface area contributed by atoms with Crippen molar-refractivity contribution in [1.82, 2.24) is 9.97 Å². The van der Waals surface area contributed by atoms with Gasteiger partial charge in [0.2, 0.25) is 0 Å². The number of amides is 1. The van der Waals surface area contributed by atoms with E-state index in [0.29, 0.717) is 17.4 Å². The summed E-state index contributed by atoms with van der Waals surface area (Å²) in [5.74, 6) is 1.37. The summed E-state index contributed by atoms with van der Waals surface area (Å²) >= 11 is 0. The van der Waals surface area contributed by atoms with Gasteiger partial charge in [0.25, 0.3) is 5.91 Å². The van der Waals surface area contributed by atoms with Crippen LogP contribution in [-0.2, 0) is 4.79 Å². The van der Waals surface area contributed by atoms with Crippen molar-refractivity contribution in [2.45, 2.75) is 0 Å². The van der Waals surface area contributed by atoms with Gasteiger partial charge in [0.15, 0.2) is 0 Å². The first-order chi connectivity index (χ1) is 10.8. The van der Waals surface area contributed by atoms with Gasteiger partial charge in [-0.25, -0.2) is 14.9 Å². The van der Waals surface area contributed by atoms with Gasteiger partial charge in [0.1, 0.15) is 17.4 Å². The molecule has 0 fully saturated rings. The van der Waals surface area contributed by atoms with E-state index in [2.05, 4.69) is 9.97 Å². The topological polar surface area (TPSA) is 59.2 Å². The van der Waals surface area contributed by atoms with E-state index in [0.717, 1.165) is 0 Å². The quantitative estimate of drug-likeness (QED) is 0.691. The summed E-state index contributed by atoms with van der Waals surface area (Å²) in [6.45, 7) is 0. The second-order valence-corrected chi connectivity index (χ2v) is 4.40. The molecule has 3 aromatic heterocycles. The van der Waals surface area contributed by atoms with E-state index in [-0.39, 0.29) is 5.91 Å². The molecule has 0 bridgehead atoms. The van der Waals surface area contributed by atoms with Crippen molar-refractivity contribution in [3.63, 3.8) is 0 Å². The first-order valence-corrected chi connectivity index (χ1v) is 6.72. The molecule has 0 aliphatic heterocycles. The molecule has 0 radical (unpaired) electrons. The highest BCUT2D eigenvalue weighted by Gasteiger charge is 2.17. The molecule has 0 aliphatic carbocycles. The fourth-order valence-electron chi connectivity index (χ4n) is 1.93. The van der Waals surface area contributed by atoms with E-state index in [4.69, 9.17) is 4.42 Å². The number of anilines is 2. The number of hydrogen-bond acceptors (Lipinski definition) is 4. The van der Waals surface area contributed by atoms with Crippen LogP contribution in [0.3, 0.4) is 0 Å². The van der Waals surface area contributed by atoms with Crippen LogP contribution in [0.5, 0.6) is 0 Å². The van der Waals surface area contributed by atoms with E-state index in [9.17, 15) is 4.79 Å². The molecule has 5 heteroatoms. The van der Waals surface area contributed by atoms with E-state index in [1.165, 1.54) is 11.0 Å². The number of carbonyl (C=O) groups excluding carboxylic acids is 1. The maximum atomic E-state index is 12.6. The smallest absolute Gasteiger partial charge is 0.258 e. The Morgan fingerprint density at radius 2 is 1.64 bits per heavy atom. The lowest BCUT2D eigenvalue weighted by atomic mass is 10.3. The normalized spacial score (nSPS) is 10.7. The third kappa shape index (κ3) is 3.09. The van der Waals surface area contributed by atoms with Crippen molar-refractivity contribution in [2.24, 2.45) is 0 Å². The molecular formula is C17H13N3O2. The summed E-state index contributed by atoms with van der Waals surface area (Å²) in [6.07, 6.45) is 7.87. The fraction of sp³-hybridized carbons (Fsp3) is 0. The molecule has 3 aromatic rings. The Morgan fingerprint density at radius 1 is 0.955 bits per heavy atom. The van der Waals surface area contributed by atoms with Gasteiger partial charge in [-0.1, -0.05) is 12.1 Å². The molecule has 0 saturated carbocycles. The monoisotopic (exact) mass is 291 g/mol. The Bertz CT molecular complexity index is 714. The number of pyridine rings is 2. The van der Waals surface area contributed by atoms with E-state index in [1.807, 2.05) is 12.1 Å². The average Bonchev–Trinajstić information content (AvgIpc) is 3.09. The van der Waals surface area contributed by atoms with Crippen LogP contribution in [0.15, 0.2) is 77.7 Å². The van der Waals surface area contributed by atoms with Crippen LogP contribution in [0, 0.1) is 0 Å². The van der Waals surface area contributed by atoms with Crippen LogP contribution < -0.4 is 4.90 Å². The van der Waals surface area contributed by atoms with Crippen molar-refractivity contribution >= 4 is 23.6 Å². The third-order valence-corrected chi connectivity index (χ3v) is 2.91. The molecule has 0 unspecified atom stereocenters. The van der Waals surface area contributed by atoms with E-state index < -0.39 is 0 Å². The van der Waals surface area contributed by atoms with E-state index >= 15 is 0 Å². The summed E-state index contributed by atoms with van der Waals surface area (Å²) in [5.41, 5.74) is 0. The van der Waals surface area contributed by atoms with Gasteiger partial charge in [-0.15, -0.1) is 0 Å². The Hall–Kier alpha value is -3.21. The summed E-state index contributed by atoms with van der Waals surface area (Å²) in [5, 5.41) is 0. The summed E-state index contributed by atoms with van der Waals surface area (Å²) in [7, 11) is 0. The number of aromatic nitrogens is 2. The number of nitrogens with zero attached hydrogens (tertiary/aromatic N) is 3. The highest BCUT2D eigenvalue weighted by atomic mass is 16.3. The first-order valence-electron chi connectivity index (χ1n) is 6.72. The van der Waals surface area contributed by atoms with Gasteiger partial charge in [0.05, 0.1) is 6.26 Å². The lowest BCUT2D eigenvalue weighted by Crippen LogP contribution is -2.25. The van der Waals surface area contributed by atoms with Gasteiger partial charge in [-0.3, -0.25) is 4.79 Å². The van der Waals surface area contributed by atoms with E-state index in [1.54, 1.807) is 61.1 Å². The number of rotatable bonds is 4. The third-order valence-electron chi connectivity index (χ3n) is 2.91. The van der Waals surface area contributed by atoms with Gasteiger partial charge < -0.3 is 4.42 Å². The van der Waals surface area contributed by atoms with Crippen molar-refractivity contribution in [3.05, 3.63) is 79.0 Å². The molecule has 0 aromatic carbocycles. The molecule has 22 heavy (non-hydrogen) atoms. The first kappa shape index (κ1) is 13.8. The van der Waals surface area contributed by atoms with Gasteiger partial charge in [-0.05, 0) is 42.5 Å². The zero-order valence-electron chi connectivity index (χ0n) is 11.7. The molecule has 5 nitrogen and oxygen atoms in total. The molecule has 0 saturated heterocycles. The largest absolute Gasteiger partial charge is 0.465 e. The average molecular weight is 291 g/mol. The Morgan fingerprint density at radius 3 is 2.14 bits per heavy atom. The van der Waals surface area contributed by atoms with Crippen molar-refractivity contribution in [2.75, 3.05) is 4.90 Å². The van der Waals surface area contributed by atoms with Gasteiger partial charge in [-0.2, -0.15) is 0 Å². The zero-order chi connectivity index (χ0) is 15.2. The molecule has 0 spiro atoms. The molecule has 0 atom stereocenters. The minimum atomic E-state index is -0.256. The van der Waals surface area contributed by atoms with Crippen molar-refractivity contribution < 1.29 is 9.21 Å². The van der Waals surface area contributed by atoms with Crippen molar-refractivity contribution in [3.8, 4) is 0 Å². The second-order valence-electron chi connectivity index (χ2n) is 4.40. The molecule has 0 aliphatic rings. The molecule has 3 heterocycles. The van der Waals surface area contributed by atoms with Crippen LogP contribution in [-0.4, -0.2) is 15.9 Å². The van der Waals surface area contributed by atoms with Crippen LogP contribution >= 0.6 is 0 Å². The number of carbonyl (C=O) groups is 1. The second kappa shape index (κ2) is 6.49. The summed E-state index contributed by atoms with van der Waals surface area (Å²) in [6, 6.07) is 14.3. The Kier molecular flexibility index (Phi) is 4.06. The standard InChI is InChI=1S/C17H13N3O2/c21-17(10-9-14-6-5-13-22-14)20(15-7-1-3-11-18-15)16-8-2-4-12-19-16/h1-13H. The molecular weight excluding hydrogens is 278 g/mol. The molecule has 1 amide bonds. The van der Waals surface area contributed by atoms with Crippen LogP contribution in [0.1, 0.15) is 5.76 Å².